The molecule has 0 atom stereocenters. The first-order valence-electron chi connectivity index (χ1n) is 15.6. The van der Waals surface area contributed by atoms with Crippen molar-refractivity contribution in [1.82, 2.24) is 0 Å². The summed E-state index contributed by atoms with van der Waals surface area (Å²) in [6.07, 6.45) is 4.67. The van der Waals surface area contributed by atoms with E-state index in [1.165, 1.54) is 50.5 Å². The summed E-state index contributed by atoms with van der Waals surface area (Å²) >= 11 is 0. The van der Waals surface area contributed by atoms with Gasteiger partial charge in [-0.05, 0) is 43.3 Å². The molecular formula is C35H46K2N2O13S2. The summed E-state index contributed by atoms with van der Waals surface area (Å²) in [4.78, 5) is 32.5. The van der Waals surface area contributed by atoms with Crippen molar-refractivity contribution in [2.24, 2.45) is 0 Å². The smallest absolute Gasteiger partial charge is 0.652 e. The van der Waals surface area contributed by atoms with Gasteiger partial charge in [0.2, 0.25) is 20.0 Å². The number of carboxylic acid groups (broad SMARTS) is 2. The number of nitrogens with zero attached hydrogens (tertiary/aromatic N) is 2. The molecule has 0 aromatic heterocycles. The van der Waals surface area contributed by atoms with Gasteiger partial charge in [-0.1, -0.05) is 64.5 Å². The van der Waals surface area contributed by atoms with Crippen LogP contribution in [-0.4, -0.2) is 87.0 Å². The molecule has 2 rings (SSSR count). The van der Waals surface area contributed by atoms with E-state index in [4.69, 9.17) is 34.0 Å². The zero-order chi connectivity index (χ0) is 39.9. The summed E-state index contributed by atoms with van der Waals surface area (Å²) in [6.45, 7) is 18.3. The molecule has 0 amide bonds. The fraction of sp³-hybridized carbons (Fsp3) is 0.343. The number of carbonyl (C=O) groups is 3. The number of hydrogen-bond acceptors (Lipinski definition) is 13. The molecule has 2 aromatic rings. The third kappa shape index (κ3) is 21.9. The predicted octanol–water partition coefficient (Wildman–Crippen LogP) is -2.90. The van der Waals surface area contributed by atoms with E-state index >= 15 is 0 Å². The Morgan fingerprint density at radius 3 is 1.17 bits per heavy atom. The quantitative estimate of drug-likeness (QED) is 0.0746. The second-order valence-corrected chi connectivity index (χ2v) is 14.5. The average molecular weight is 845 g/mol. The van der Waals surface area contributed by atoms with Crippen LogP contribution in [0.1, 0.15) is 47.4 Å². The Hall–Kier alpha value is -2.02. The standard InChI is InChI=1S/2C17H23NO5S.CH2O3.2K/c2*1-5-8-22-16-12-14(17(19)23-9-6-2)11-15(13-16)18(4)24(20,21)10-7-3;2-1(3)4;;/h2*5-6,11-13H,1-2,7-10H2,3-4H3;(H2,2,3,4);;/q;;;2*+1/p-2. The van der Waals surface area contributed by atoms with Crippen LogP contribution in [0.4, 0.5) is 16.2 Å². The number of sulfonamides is 2. The molecule has 288 valence electrons. The molecule has 19 heteroatoms. The van der Waals surface area contributed by atoms with Gasteiger partial charge in [0, 0.05) is 26.2 Å². The fourth-order valence-corrected chi connectivity index (χ4v) is 6.22. The van der Waals surface area contributed by atoms with Crippen LogP contribution in [0.2, 0.25) is 0 Å². The summed E-state index contributed by atoms with van der Waals surface area (Å²) < 4.78 is 72.2. The monoisotopic (exact) mass is 844 g/mol. The predicted molar refractivity (Wildman–Crippen MR) is 196 cm³/mol. The first kappa shape index (κ1) is 56.3. The third-order valence-corrected chi connectivity index (χ3v) is 10.1. The van der Waals surface area contributed by atoms with Crippen molar-refractivity contribution in [3.63, 3.8) is 0 Å². The Morgan fingerprint density at radius 2 is 0.907 bits per heavy atom. The number of rotatable bonds is 20. The number of ether oxygens (including phenoxy) is 4. The molecule has 0 spiro atoms. The minimum atomic E-state index is -3.47. The molecule has 0 saturated carbocycles. The average Bonchev–Trinajstić information content (AvgIpc) is 3.10. The summed E-state index contributed by atoms with van der Waals surface area (Å²) in [5, 5.41) is 16.7. The van der Waals surface area contributed by atoms with Gasteiger partial charge < -0.3 is 34.0 Å². The van der Waals surface area contributed by atoms with Crippen LogP contribution in [-0.2, 0) is 29.5 Å². The van der Waals surface area contributed by atoms with Crippen LogP contribution >= 0.6 is 0 Å². The zero-order valence-electron chi connectivity index (χ0n) is 31.8. The van der Waals surface area contributed by atoms with Gasteiger partial charge in [-0.25, -0.2) is 26.4 Å². The Kier molecular flexibility index (Phi) is 31.5. The van der Waals surface area contributed by atoms with Crippen molar-refractivity contribution >= 4 is 49.5 Å². The molecule has 0 N–H and O–H groups in total. The first-order chi connectivity index (χ1) is 24.4. The molecule has 0 unspecified atom stereocenters. The molecule has 0 saturated heterocycles. The Labute approximate surface area is 404 Å². The van der Waals surface area contributed by atoms with Crippen LogP contribution in [0.3, 0.4) is 0 Å². The van der Waals surface area contributed by atoms with Crippen molar-refractivity contribution in [3.8, 4) is 11.5 Å². The molecular weight excluding hydrogens is 799 g/mol. The fourth-order valence-electron chi connectivity index (χ4n) is 3.79. The van der Waals surface area contributed by atoms with E-state index in [9.17, 15) is 26.4 Å². The van der Waals surface area contributed by atoms with Crippen molar-refractivity contribution < 1.29 is 163 Å². The SMILES string of the molecule is C=CCOC(=O)c1cc(OCC=C)cc(N(C)S(=O)(=O)CCC)c1.C=CCOC(=O)c1cc(OCC=C)cc(N(C)S(=O)(=O)CCC)c1.O=C([O-])[O-].[K+].[K+]. The van der Waals surface area contributed by atoms with Crippen LogP contribution in [0.15, 0.2) is 87.0 Å². The van der Waals surface area contributed by atoms with E-state index in [-0.39, 0.29) is 152 Å². The first-order valence-corrected chi connectivity index (χ1v) is 18.8. The number of carbonyl (C=O) groups excluding carboxylic acids is 3. The van der Waals surface area contributed by atoms with Gasteiger partial charge in [0.15, 0.2) is 0 Å². The van der Waals surface area contributed by atoms with E-state index in [1.807, 2.05) is 0 Å². The maximum absolute atomic E-state index is 12.2. The Balaban J connectivity index is -0.000000847. The molecule has 2 aromatic carbocycles. The molecule has 0 aliphatic carbocycles. The maximum Gasteiger partial charge on any atom is 1.00 e. The second kappa shape index (κ2) is 30.2. The molecule has 0 aliphatic rings. The van der Waals surface area contributed by atoms with Crippen molar-refractivity contribution in [2.45, 2.75) is 26.7 Å². The van der Waals surface area contributed by atoms with Gasteiger partial charge in [-0.3, -0.25) is 8.61 Å². The van der Waals surface area contributed by atoms with E-state index < -0.39 is 38.1 Å². The molecule has 0 radical (unpaired) electrons. The molecule has 0 aliphatic heterocycles. The topological polar surface area (TPSA) is 209 Å². The van der Waals surface area contributed by atoms with E-state index in [2.05, 4.69) is 26.3 Å². The Bertz CT molecular complexity index is 1630. The summed E-state index contributed by atoms with van der Waals surface area (Å²) in [5.74, 6) is -0.425. The van der Waals surface area contributed by atoms with Gasteiger partial charge in [0.1, 0.15) is 37.9 Å². The van der Waals surface area contributed by atoms with E-state index in [1.54, 1.807) is 38.1 Å². The third-order valence-electron chi connectivity index (χ3n) is 6.14. The largest absolute Gasteiger partial charge is 1.00 e. The molecule has 0 heterocycles. The minimum Gasteiger partial charge on any atom is -0.652 e. The normalized spacial score (nSPS) is 10.0. The summed E-state index contributed by atoms with van der Waals surface area (Å²) in [6, 6.07) is 9.03. The van der Waals surface area contributed by atoms with Gasteiger partial charge >= 0.3 is 115 Å². The van der Waals surface area contributed by atoms with Gasteiger partial charge in [-0.2, -0.15) is 0 Å². The summed E-state index contributed by atoms with van der Waals surface area (Å²) in [7, 11) is -4.06. The van der Waals surface area contributed by atoms with Crippen LogP contribution in [0.25, 0.3) is 0 Å². The van der Waals surface area contributed by atoms with Crippen molar-refractivity contribution in [1.29, 1.82) is 0 Å². The summed E-state index contributed by atoms with van der Waals surface area (Å²) in [5.41, 5.74) is 1.06. The number of anilines is 2. The molecule has 0 bridgehead atoms. The van der Waals surface area contributed by atoms with Crippen molar-refractivity contribution in [2.75, 3.05) is 60.6 Å². The second-order valence-electron chi connectivity index (χ2n) is 10.2. The minimum absolute atomic E-state index is 0. The van der Waals surface area contributed by atoms with Crippen LogP contribution in [0.5, 0.6) is 11.5 Å². The van der Waals surface area contributed by atoms with Gasteiger partial charge in [0.25, 0.3) is 0 Å². The maximum atomic E-state index is 12.2. The Morgan fingerprint density at radius 1 is 0.611 bits per heavy atom. The van der Waals surface area contributed by atoms with Gasteiger partial charge in [0.05, 0.1) is 34.0 Å². The molecule has 54 heavy (non-hydrogen) atoms. The molecule has 15 nitrogen and oxygen atoms in total. The zero-order valence-corrected chi connectivity index (χ0v) is 39.7. The number of hydrogen-bond donors (Lipinski definition) is 0. The number of benzene rings is 2. The van der Waals surface area contributed by atoms with E-state index in [0.717, 1.165) is 8.61 Å². The van der Waals surface area contributed by atoms with Crippen LogP contribution < -0.4 is 131 Å². The van der Waals surface area contributed by atoms with Crippen LogP contribution in [0, 0.1) is 0 Å². The van der Waals surface area contributed by atoms with Gasteiger partial charge in [-0.15, -0.1) is 0 Å². The number of esters is 2. The molecule has 0 fully saturated rings. The van der Waals surface area contributed by atoms with E-state index in [0.29, 0.717) is 35.7 Å². The van der Waals surface area contributed by atoms with Crippen molar-refractivity contribution in [3.05, 3.63) is 98.1 Å².